The number of aromatic nitrogens is 2. The average Bonchev–Trinajstić information content (AvgIpc) is 4.24. The van der Waals surface area contributed by atoms with E-state index in [1.165, 1.54) is 0 Å². The molecule has 0 aliphatic carbocycles. The van der Waals surface area contributed by atoms with Crippen molar-refractivity contribution in [3.05, 3.63) is 270 Å². The zero-order valence-electron chi connectivity index (χ0n) is 42.6. The molecule has 0 N–H and O–H groups in total. The number of hydrogen-bond donors (Lipinski definition) is 0. The molecule has 0 fully saturated rings. The van der Waals surface area contributed by atoms with Gasteiger partial charge in [-0.25, -0.2) is 4.85 Å². The van der Waals surface area contributed by atoms with Crippen molar-refractivity contribution < 1.29 is 0 Å². The summed E-state index contributed by atoms with van der Waals surface area (Å²) in [6.07, 6.45) is 0. The zero-order chi connectivity index (χ0) is 53.0. The van der Waals surface area contributed by atoms with Gasteiger partial charge in [-0.2, -0.15) is 15.8 Å². The normalized spacial score (nSPS) is 11.2. The third-order valence-electron chi connectivity index (χ3n) is 15.3. The van der Waals surface area contributed by atoms with Gasteiger partial charge in [0.2, 0.25) is 5.69 Å². The van der Waals surface area contributed by atoms with Gasteiger partial charge in [0, 0.05) is 32.7 Å². The van der Waals surface area contributed by atoms with E-state index in [1.54, 1.807) is 12.1 Å². The molecular weight excluding hydrogens is 949 g/mol. The zero-order valence-corrected chi connectivity index (χ0v) is 42.6. The lowest BCUT2D eigenvalue weighted by atomic mass is 9.87. The number of nitriles is 3. The average molecular weight is 993 g/mol. The van der Waals surface area contributed by atoms with Crippen molar-refractivity contribution in [2.45, 2.75) is 13.8 Å². The molecule has 0 saturated carbocycles. The molecule has 0 saturated heterocycles. The molecule has 0 aliphatic rings. The Balaban J connectivity index is 1.01. The molecule has 6 nitrogen and oxygen atoms in total. The van der Waals surface area contributed by atoms with Gasteiger partial charge in [0.15, 0.2) is 0 Å². The summed E-state index contributed by atoms with van der Waals surface area (Å²) in [5.74, 6) is 0. The van der Waals surface area contributed by atoms with Crippen molar-refractivity contribution in [1.29, 1.82) is 15.8 Å². The third kappa shape index (κ3) is 7.77. The van der Waals surface area contributed by atoms with Crippen LogP contribution in [0.1, 0.15) is 27.8 Å². The second-order valence-corrected chi connectivity index (χ2v) is 19.8. The molecule has 2 heterocycles. The topological polar surface area (TPSA) is 85.6 Å². The maximum Gasteiger partial charge on any atom is 0.211 e. The maximum atomic E-state index is 11.0. The molecule has 0 atom stereocenters. The number of fused-ring (bicyclic) bond motifs is 6. The summed E-state index contributed by atoms with van der Waals surface area (Å²) in [7, 11) is 0. The van der Waals surface area contributed by atoms with Crippen molar-refractivity contribution in [2.24, 2.45) is 0 Å². The second-order valence-electron chi connectivity index (χ2n) is 19.8. The SMILES string of the molecule is [C-]#[N+]c1cc(C#N)c(-c2cc(C)c(-c3cc(-n4c5cc(-c6ccccc6)ccc5c5ccc(-c6ccccc6)cc54)c(C#N)cc3C#N)cc2C)cc1-n1c2cc(-c3ccccc3)ccc2c2ccc(-c3ccccc3)cc21. The van der Waals surface area contributed by atoms with E-state index in [9.17, 15) is 15.8 Å². The van der Waals surface area contributed by atoms with Crippen LogP contribution >= 0.6 is 0 Å². The molecule has 78 heavy (non-hydrogen) atoms. The summed E-state index contributed by atoms with van der Waals surface area (Å²) in [6.45, 7) is 12.6. The highest BCUT2D eigenvalue weighted by Gasteiger charge is 2.24. The summed E-state index contributed by atoms with van der Waals surface area (Å²) in [6, 6.07) is 86.2. The van der Waals surface area contributed by atoms with Crippen molar-refractivity contribution in [3.8, 4) is 96.3 Å². The van der Waals surface area contributed by atoms with Crippen LogP contribution < -0.4 is 0 Å². The fourth-order valence-electron chi connectivity index (χ4n) is 11.5. The van der Waals surface area contributed by atoms with Gasteiger partial charge in [-0.15, -0.1) is 0 Å². The molecule has 0 radical (unpaired) electrons. The second kappa shape index (κ2) is 19.0. The number of nitrogens with zero attached hydrogens (tertiary/aromatic N) is 6. The van der Waals surface area contributed by atoms with Crippen LogP contribution in [-0.2, 0) is 0 Å². The van der Waals surface area contributed by atoms with Crippen molar-refractivity contribution in [2.75, 3.05) is 0 Å². The van der Waals surface area contributed by atoms with Gasteiger partial charge < -0.3 is 9.13 Å². The Hall–Kier alpha value is -11.0. The quantitative estimate of drug-likeness (QED) is 0.142. The van der Waals surface area contributed by atoms with Gasteiger partial charge in [-0.3, -0.25) is 0 Å². The van der Waals surface area contributed by atoms with Crippen LogP contribution in [-0.4, -0.2) is 9.13 Å². The highest BCUT2D eigenvalue weighted by molar-refractivity contribution is 6.13. The van der Waals surface area contributed by atoms with Crippen LogP contribution in [0.5, 0.6) is 0 Å². The summed E-state index contributed by atoms with van der Waals surface area (Å²) >= 11 is 0. The van der Waals surface area contributed by atoms with Crippen LogP contribution in [0.15, 0.2) is 231 Å². The molecular formula is C72H44N6. The summed E-state index contributed by atoms with van der Waals surface area (Å²) in [4.78, 5) is 4.10. The molecule has 13 rings (SSSR count). The van der Waals surface area contributed by atoms with Crippen LogP contribution in [0.2, 0.25) is 0 Å². The first kappa shape index (κ1) is 46.7. The lowest BCUT2D eigenvalue weighted by Crippen LogP contribution is -2.02. The van der Waals surface area contributed by atoms with Crippen molar-refractivity contribution in [3.63, 3.8) is 0 Å². The first-order valence-electron chi connectivity index (χ1n) is 25.8. The largest absolute Gasteiger partial charge is 0.319 e. The Kier molecular flexibility index (Phi) is 11.4. The smallest absolute Gasteiger partial charge is 0.211 e. The first-order valence-corrected chi connectivity index (χ1v) is 25.8. The molecule has 0 unspecified atom stereocenters. The molecule has 0 spiro atoms. The molecule has 2 aromatic heterocycles. The Labute approximate surface area is 451 Å². The van der Waals surface area contributed by atoms with Crippen LogP contribution in [0.25, 0.3) is 127 Å². The first-order chi connectivity index (χ1) is 38.3. The lowest BCUT2D eigenvalue weighted by Gasteiger charge is -2.19. The molecule has 6 heteroatoms. The molecule has 0 amide bonds. The molecule has 11 aromatic carbocycles. The van der Waals surface area contributed by atoms with E-state index in [1.807, 2.05) is 98.8 Å². The fraction of sp³-hybridized carbons (Fsp3) is 0.0278. The predicted molar refractivity (Wildman–Crippen MR) is 318 cm³/mol. The Morgan fingerprint density at radius 3 is 0.974 bits per heavy atom. The van der Waals surface area contributed by atoms with E-state index in [0.29, 0.717) is 44.9 Å². The fourth-order valence-corrected chi connectivity index (χ4v) is 11.5. The molecule has 0 aliphatic heterocycles. The lowest BCUT2D eigenvalue weighted by molar-refractivity contribution is 1.16. The Morgan fingerprint density at radius 1 is 0.321 bits per heavy atom. The summed E-state index contributed by atoms with van der Waals surface area (Å²) < 4.78 is 4.37. The van der Waals surface area contributed by atoms with E-state index in [2.05, 4.69) is 166 Å². The Morgan fingerprint density at radius 2 is 0.641 bits per heavy atom. The standard InChI is InChI=1S/C72H44N6/c1-45-33-63(65-41-72(66(76-3)35-56(65)43-74)78-70-38-53(49-20-12-6-13-21-49)26-30-60(70)61-31-27-54(39-71(61)78)50-22-14-7-15-23-50)46(2)32-62(45)64-40-67(57(44-75)34-55(64)42-73)77-68-36-51(47-16-8-4-9-17-47)24-28-58(68)59-29-25-52(37-69(59)77)48-18-10-5-11-19-48/h4-41H,1-2H3. The van der Waals surface area contributed by atoms with Gasteiger partial charge in [-0.05, 0) is 135 Å². The molecule has 362 valence electrons. The number of aryl methyl sites for hydroxylation is 2. The molecule has 0 bridgehead atoms. The summed E-state index contributed by atoms with van der Waals surface area (Å²) in [5.41, 5.74) is 19.8. The van der Waals surface area contributed by atoms with E-state index in [-0.39, 0.29) is 0 Å². The number of rotatable bonds is 8. The van der Waals surface area contributed by atoms with Gasteiger partial charge in [0.25, 0.3) is 0 Å². The number of benzene rings is 11. The highest BCUT2D eigenvalue weighted by atomic mass is 15.0. The van der Waals surface area contributed by atoms with E-state index < -0.39 is 0 Å². The van der Waals surface area contributed by atoms with E-state index in [0.717, 1.165) is 110 Å². The Bertz CT molecular complexity index is 4270. The minimum absolute atomic E-state index is 0.357. The van der Waals surface area contributed by atoms with E-state index in [4.69, 9.17) is 6.57 Å². The van der Waals surface area contributed by atoms with Gasteiger partial charge in [0.1, 0.15) is 6.07 Å². The summed E-state index contributed by atoms with van der Waals surface area (Å²) in [5, 5.41) is 37.0. The van der Waals surface area contributed by atoms with Gasteiger partial charge >= 0.3 is 0 Å². The maximum absolute atomic E-state index is 11.0. The highest BCUT2D eigenvalue weighted by Crippen LogP contribution is 2.45. The van der Waals surface area contributed by atoms with Crippen LogP contribution in [0.3, 0.4) is 0 Å². The van der Waals surface area contributed by atoms with Crippen LogP contribution in [0.4, 0.5) is 5.69 Å². The molecule has 13 aromatic rings. The minimum atomic E-state index is 0.357. The minimum Gasteiger partial charge on any atom is -0.319 e. The third-order valence-corrected chi connectivity index (χ3v) is 15.3. The number of hydrogen-bond acceptors (Lipinski definition) is 3. The van der Waals surface area contributed by atoms with E-state index >= 15 is 0 Å². The van der Waals surface area contributed by atoms with Crippen LogP contribution in [0, 0.1) is 54.4 Å². The predicted octanol–water partition coefficient (Wildman–Crippen LogP) is 18.7. The van der Waals surface area contributed by atoms with Crippen molar-refractivity contribution >= 4 is 49.3 Å². The van der Waals surface area contributed by atoms with Gasteiger partial charge in [-0.1, -0.05) is 182 Å². The van der Waals surface area contributed by atoms with Crippen molar-refractivity contribution in [1.82, 2.24) is 9.13 Å². The van der Waals surface area contributed by atoms with Gasteiger partial charge in [0.05, 0.1) is 63.3 Å². The monoisotopic (exact) mass is 992 g/mol.